The number of aliphatic hydroxyl groups is 1. The molecule has 0 bridgehead atoms. The van der Waals surface area contributed by atoms with Gasteiger partial charge in [0, 0.05) is 19.0 Å². The Hall–Kier alpha value is -0.950. The molecule has 0 aromatic rings. The number of aliphatic hydroxyl groups excluding tert-OH is 1. The van der Waals surface area contributed by atoms with Crippen LogP contribution in [0.1, 0.15) is 19.8 Å². The fourth-order valence-electron chi connectivity index (χ4n) is 2.10. The molecule has 1 aliphatic heterocycles. The lowest BCUT2D eigenvalue weighted by molar-refractivity contribution is -0.139. The average Bonchev–Trinajstić information content (AvgIpc) is 2.83. The zero-order chi connectivity index (χ0) is 14.4. The standard InChI is InChI=1S/C12H22N2O4S/c1-8(15)9-3-5-14(7-9)12(18)13-10(11(16)17)4-6-19-2/h8-10,15H,3-7H2,1-2H3,(H,13,18)(H,16,17)/t8?,9?,10-/m0/s1. The van der Waals surface area contributed by atoms with Crippen molar-refractivity contribution in [3.63, 3.8) is 0 Å². The first-order valence-electron chi connectivity index (χ1n) is 6.41. The molecule has 1 saturated heterocycles. The molecule has 1 heterocycles. The van der Waals surface area contributed by atoms with E-state index in [-0.39, 0.29) is 11.9 Å². The summed E-state index contributed by atoms with van der Waals surface area (Å²) in [6.45, 7) is 2.76. The summed E-state index contributed by atoms with van der Waals surface area (Å²) in [4.78, 5) is 24.6. The molecule has 2 amide bonds. The van der Waals surface area contributed by atoms with Crippen LogP contribution in [-0.2, 0) is 4.79 Å². The largest absolute Gasteiger partial charge is 0.480 e. The normalized spacial score (nSPS) is 22.1. The maximum absolute atomic E-state index is 12.0. The molecule has 6 nitrogen and oxygen atoms in total. The molecule has 0 radical (unpaired) electrons. The first kappa shape index (κ1) is 16.1. The van der Waals surface area contributed by atoms with Crippen molar-refractivity contribution in [1.29, 1.82) is 0 Å². The van der Waals surface area contributed by atoms with Crippen LogP contribution in [0.2, 0.25) is 0 Å². The van der Waals surface area contributed by atoms with E-state index in [1.54, 1.807) is 23.6 Å². The third-order valence-electron chi connectivity index (χ3n) is 3.40. The number of urea groups is 1. The number of aliphatic carboxylic acids is 1. The second-order valence-electron chi connectivity index (χ2n) is 4.86. The van der Waals surface area contributed by atoms with E-state index in [9.17, 15) is 14.7 Å². The number of nitrogens with zero attached hydrogens (tertiary/aromatic N) is 1. The summed E-state index contributed by atoms with van der Waals surface area (Å²) in [5.41, 5.74) is 0. The lowest BCUT2D eigenvalue weighted by Gasteiger charge is -2.21. The van der Waals surface area contributed by atoms with E-state index in [4.69, 9.17) is 5.11 Å². The minimum absolute atomic E-state index is 0.0835. The molecule has 110 valence electrons. The molecule has 3 atom stereocenters. The van der Waals surface area contributed by atoms with Crippen LogP contribution in [0.3, 0.4) is 0 Å². The van der Waals surface area contributed by atoms with Gasteiger partial charge < -0.3 is 20.4 Å². The molecule has 0 aliphatic carbocycles. The number of carboxylic acids is 1. The van der Waals surface area contributed by atoms with Gasteiger partial charge in [-0.2, -0.15) is 11.8 Å². The van der Waals surface area contributed by atoms with Crippen molar-refractivity contribution < 1.29 is 19.8 Å². The Balaban J connectivity index is 2.46. The second-order valence-corrected chi connectivity index (χ2v) is 5.84. The van der Waals surface area contributed by atoms with Crippen LogP contribution in [-0.4, -0.2) is 64.4 Å². The van der Waals surface area contributed by atoms with Gasteiger partial charge in [0.25, 0.3) is 0 Å². The molecule has 2 unspecified atom stereocenters. The molecule has 1 fully saturated rings. The average molecular weight is 290 g/mol. The third-order valence-corrected chi connectivity index (χ3v) is 4.04. The van der Waals surface area contributed by atoms with Crippen LogP contribution in [0.15, 0.2) is 0 Å². The highest BCUT2D eigenvalue weighted by Gasteiger charge is 2.30. The SMILES string of the molecule is CSCC[C@H](NC(=O)N1CCC(C(C)O)C1)C(=O)O. The van der Waals surface area contributed by atoms with Crippen LogP contribution < -0.4 is 5.32 Å². The summed E-state index contributed by atoms with van der Waals surface area (Å²) in [5, 5.41) is 21.1. The summed E-state index contributed by atoms with van der Waals surface area (Å²) in [6.07, 6.45) is 2.63. The van der Waals surface area contributed by atoms with E-state index < -0.39 is 18.1 Å². The monoisotopic (exact) mass is 290 g/mol. The van der Waals surface area contributed by atoms with Crippen molar-refractivity contribution in [2.24, 2.45) is 5.92 Å². The van der Waals surface area contributed by atoms with Gasteiger partial charge in [-0.05, 0) is 31.8 Å². The number of hydrogen-bond donors (Lipinski definition) is 3. The molecule has 1 rings (SSSR count). The number of nitrogens with one attached hydrogen (secondary N) is 1. The Bertz CT molecular complexity index is 325. The summed E-state index contributed by atoms with van der Waals surface area (Å²) in [6, 6.07) is -1.19. The molecule has 1 aliphatic rings. The fraction of sp³-hybridized carbons (Fsp3) is 0.833. The molecule has 0 aromatic carbocycles. The van der Waals surface area contributed by atoms with E-state index in [0.717, 1.165) is 6.42 Å². The van der Waals surface area contributed by atoms with E-state index in [1.807, 2.05) is 6.26 Å². The molecule has 19 heavy (non-hydrogen) atoms. The molecule has 7 heteroatoms. The number of carbonyl (C=O) groups is 2. The highest BCUT2D eigenvalue weighted by Crippen LogP contribution is 2.19. The van der Waals surface area contributed by atoms with Gasteiger partial charge in [-0.15, -0.1) is 0 Å². The summed E-state index contributed by atoms with van der Waals surface area (Å²) >= 11 is 1.55. The highest BCUT2D eigenvalue weighted by molar-refractivity contribution is 7.98. The number of carboxylic acid groups (broad SMARTS) is 1. The molecular formula is C12H22N2O4S. The number of hydrogen-bond acceptors (Lipinski definition) is 4. The predicted octanol–water partition coefficient (Wildman–Crippen LogP) is 0.605. The Morgan fingerprint density at radius 1 is 1.53 bits per heavy atom. The van der Waals surface area contributed by atoms with Gasteiger partial charge in [0.2, 0.25) is 0 Å². The topological polar surface area (TPSA) is 89.9 Å². The predicted molar refractivity (Wildman–Crippen MR) is 74.3 cm³/mol. The first-order valence-corrected chi connectivity index (χ1v) is 7.80. The van der Waals surface area contributed by atoms with Gasteiger partial charge in [-0.1, -0.05) is 0 Å². The Morgan fingerprint density at radius 2 is 2.21 bits per heavy atom. The minimum Gasteiger partial charge on any atom is -0.480 e. The Morgan fingerprint density at radius 3 is 2.68 bits per heavy atom. The summed E-state index contributed by atoms with van der Waals surface area (Å²) in [5.74, 6) is -0.234. The number of likely N-dealkylation sites (tertiary alicyclic amines) is 1. The van der Waals surface area contributed by atoms with Crippen molar-refractivity contribution in [2.45, 2.75) is 31.9 Å². The van der Waals surface area contributed by atoms with Crippen molar-refractivity contribution in [3.8, 4) is 0 Å². The lowest BCUT2D eigenvalue weighted by Crippen LogP contribution is -2.47. The van der Waals surface area contributed by atoms with Crippen molar-refractivity contribution in [3.05, 3.63) is 0 Å². The second kappa shape index (κ2) is 7.59. The van der Waals surface area contributed by atoms with Crippen LogP contribution in [0, 0.1) is 5.92 Å². The zero-order valence-electron chi connectivity index (χ0n) is 11.3. The van der Waals surface area contributed by atoms with Gasteiger partial charge in [-0.3, -0.25) is 0 Å². The van der Waals surface area contributed by atoms with Gasteiger partial charge >= 0.3 is 12.0 Å². The van der Waals surface area contributed by atoms with Crippen LogP contribution in [0.25, 0.3) is 0 Å². The summed E-state index contributed by atoms with van der Waals surface area (Å²) < 4.78 is 0. The number of thioether (sulfide) groups is 1. The van der Waals surface area contributed by atoms with Crippen LogP contribution >= 0.6 is 11.8 Å². The maximum Gasteiger partial charge on any atom is 0.326 e. The minimum atomic E-state index is -1.01. The Kier molecular flexibility index (Phi) is 6.44. The quantitative estimate of drug-likeness (QED) is 0.666. The number of amides is 2. The van der Waals surface area contributed by atoms with Gasteiger partial charge in [0.05, 0.1) is 6.10 Å². The van der Waals surface area contributed by atoms with Gasteiger partial charge in [0.15, 0.2) is 0 Å². The van der Waals surface area contributed by atoms with E-state index in [1.165, 1.54) is 0 Å². The van der Waals surface area contributed by atoms with E-state index in [0.29, 0.717) is 25.3 Å². The summed E-state index contributed by atoms with van der Waals surface area (Å²) in [7, 11) is 0. The lowest BCUT2D eigenvalue weighted by atomic mass is 10.0. The third kappa shape index (κ3) is 4.91. The van der Waals surface area contributed by atoms with Crippen molar-refractivity contribution >= 4 is 23.8 Å². The smallest absolute Gasteiger partial charge is 0.326 e. The van der Waals surface area contributed by atoms with E-state index >= 15 is 0 Å². The van der Waals surface area contributed by atoms with Gasteiger partial charge in [0.1, 0.15) is 6.04 Å². The van der Waals surface area contributed by atoms with Crippen LogP contribution in [0.4, 0.5) is 4.79 Å². The van der Waals surface area contributed by atoms with Gasteiger partial charge in [-0.25, -0.2) is 9.59 Å². The highest BCUT2D eigenvalue weighted by atomic mass is 32.2. The zero-order valence-corrected chi connectivity index (χ0v) is 12.2. The number of rotatable bonds is 6. The molecule has 0 aromatic heterocycles. The fourth-order valence-corrected chi connectivity index (χ4v) is 2.57. The Labute approximate surface area is 117 Å². The molecule has 0 spiro atoms. The first-order chi connectivity index (χ1) is 8.95. The van der Waals surface area contributed by atoms with Crippen molar-refractivity contribution in [2.75, 3.05) is 25.1 Å². The molecule has 0 saturated carbocycles. The molecular weight excluding hydrogens is 268 g/mol. The number of carbonyl (C=O) groups excluding carboxylic acids is 1. The van der Waals surface area contributed by atoms with Crippen LogP contribution in [0.5, 0.6) is 0 Å². The maximum atomic E-state index is 12.0. The van der Waals surface area contributed by atoms with E-state index in [2.05, 4.69) is 5.32 Å². The van der Waals surface area contributed by atoms with Crippen molar-refractivity contribution in [1.82, 2.24) is 10.2 Å². The molecule has 3 N–H and O–H groups in total.